The van der Waals surface area contributed by atoms with Gasteiger partial charge in [-0.3, -0.25) is 34.5 Å². The third-order valence-electron chi connectivity index (χ3n) is 7.92. The zero-order chi connectivity index (χ0) is 26.9. The van der Waals surface area contributed by atoms with Crippen LogP contribution in [-0.2, 0) is 29.2 Å². The number of benzene rings is 2. The monoisotopic (exact) mass is 543 g/mol. The number of fused-ring (bicyclic) bond motifs is 1. The number of halogens is 1. The van der Waals surface area contributed by atoms with Crippen LogP contribution in [0.5, 0.6) is 0 Å². The number of aromatic nitrogens is 1. The Morgan fingerprint density at radius 1 is 0.897 bits per heavy atom. The van der Waals surface area contributed by atoms with Crippen LogP contribution in [0.3, 0.4) is 0 Å². The number of imide groups is 1. The molecule has 2 fully saturated rings. The normalized spacial score (nSPS) is 20.3. The van der Waals surface area contributed by atoms with Crippen molar-refractivity contribution in [2.24, 2.45) is 0 Å². The van der Waals surface area contributed by atoms with Crippen LogP contribution in [0.4, 0.5) is 0 Å². The smallest absolute Gasteiger partial charge is 0.255 e. The van der Waals surface area contributed by atoms with Crippen molar-refractivity contribution in [3.63, 3.8) is 0 Å². The first kappa shape index (κ1) is 25.7. The van der Waals surface area contributed by atoms with Crippen LogP contribution in [0.15, 0.2) is 60.9 Å². The number of carbonyl (C=O) groups is 3. The van der Waals surface area contributed by atoms with Crippen LogP contribution in [0.25, 0.3) is 11.1 Å². The molecule has 0 bridgehead atoms. The highest BCUT2D eigenvalue weighted by Crippen LogP contribution is 2.29. The quantitative estimate of drug-likeness (QED) is 0.479. The first-order valence-electron chi connectivity index (χ1n) is 13.3. The Balaban J connectivity index is 1.06. The SMILES string of the molecule is O=C1CCC(N2Cc3cc(CN4CCN(Cc5ccncc5-c5ccc(Cl)cc5)CC4)ccc3C2=O)C(=O)N1. The molecule has 0 spiro atoms. The summed E-state index contributed by atoms with van der Waals surface area (Å²) in [7, 11) is 0. The van der Waals surface area contributed by atoms with Gasteiger partial charge < -0.3 is 4.90 Å². The van der Waals surface area contributed by atoms with E-state index in [-0.39, 0.29) is 24.1 Å². The molecule has 1 atom stereocenters. The zero-order valence-corrected chi connectivity index (χ0v) is 22.4. The minimum absolute atomic E-state index is 0.131. The molecule has 3 aliphatic rings. The van der Waals surface area contributed by atoms with E-state index < -0.39 is 6.04 Å². The molecule has 200 valence electrons. The van der Waals surface area contributed by atoms with E-state index in [9.17, 15) is 14.4 Å². The molecule has 0 radical (unpaired) electrons. The van der Waals surface area contributed by atoms with E-state index in [0.717, 1.165) is 61.0 Å². The fourth-order valence-electron chi connectivity index (χ4n) is 5.78. The predicted octanol–water partition coefficient (Wildman–Crippen LogP) is 3.48. The van der Waals surface area contributed by atoms with Gasteiger partial charge in [-0.2, -0.15) is 0 Å². The van der Waals surface area contributed by atoms with Crippen molar-refractivity contribution in [1.29, 1.82) is 0 Å². The van der Waals surface area contributed by atoms with E-state index in [4.69, 9.17) is 11.6 Å². The summed E-state index contributed by atoms with van der Waals surface area (Å²) in [5.41, 5.74) is 6.28. The van der Waals surface area contributed by atoms with Gasteiger partial charge in [0.05, 0.1) is 0 Å². The highest BCUT2D eigenvalue weighted by molar-refractivity contribution is 6.30. The largest absolute Gasteiger partial charge is 0.322 e. The maximum absolute atomic E-state index is 13.0. The molecule has 0 aliphatic carbocycles. The first-order valence-corrected chi connectivity index (χ1v) is 13.7. The molecule has 9 heteroatoms. The highest BCUT2D eigenvalue weighted by Gasteiger charge is 2.39. The van der Waals surface area contributed by atoms with E-state index in [0.29, 0.717) is 18.5 Å². The predicted molar refractivity (Wildman–Crippen MR) is 148 cm³/mol. The van der Waals surface area contributed by atoms with Crippen molar-refractivity contribution >= 4 is 29.3 Å². The van der Waals surface area contributed by atoms with Crippen molar-refractivity contribution in [1.82, 2.24) is 25.0 Å². The summed E-state index contributed by atoms with van der Waals surface area (Å²) < 4.78 is 0. The lowest BCUT2D eigenvalue weighted by atomic mass is 10.0. The second-order valence-corrected chi connectivity index (χ2v) is 10.9. The molecule has 2 aromatic carbocycles. The topological polar surface area (TPSA) is 85.9 Å². The summed E-state index contributed by atoms with van der Waals surface area (Å²) in [6.07, 6.45) is 4.42. The number of hydrogen-bond donors (Lipinski definition) is 1. The van der Waals surface area contributed by atoms with Gasteiger partial charge in [-0.25, -0.2) is 0 Å². The summed E-state index contributed by atoms with van der Waals surface area (Å²) in [4.78, 5) is 47.7. The molecule has 1 N–H and O–H groups in total. The van der Waals surface area contributed by atoms with Crippen LogP contribution in [-0.4, -0.2) is 69.6 Å². The number of piperazine rings is 1. The second kappa shape index (κ2) is 10.9. The van der Waals surface area contributed by atoms with Crippen molar-refractivity contribution in [3.05, 3.63) is 88.2 Å². The van der Waals surface area contributed by atoms with Crippen molar-refractivity contribution in [2.75, 3.05) is 26.2 Å². The summed E-state index contributed by atoms with van der Waals surface area (Å²) in [5, 5.41) is 3.08. The van der Waals surface area contributed by atoms with Gasteiger partial charge in [0.1, 0.15) is 6.04 Å². The second-order valence-electron chi connectivity index (χ2n) is 10.5. The first-order chi connectivity index (χ1) is 18.9. The summed E-state index contributed by atoms with van der Waals surface area (Å²) in [6.45, 7) is 5.94. The third kappa shape index (κ3) is 5.45. The van der Waals surface area contributed by atoms with E-state index in [1.54, 1.807) is 4.90 Å². The van der Waals surface area contributed by atoms with E-state index in [1.165, 1.54) is 11.1 Å². The summed E-state index contributed by atoms with van der Waals surface area (Å²) >= 11 is 6.08. The molecule has 8 nitrogen and oxygen atoms in total. The molecular formula is C30H30ClN5O3. The number of hydrogen-bond acceptors (Lipinski definition) is 6. The van der Waals surface area contributed by atoms with Gasteiger partial charge in [0, 0.05) is 80.8 Å². The number of nitrogens with zero attached hydrogens (tertiary/aromatic N) is 4. The number of carbonyl (C=O) groups excluding carboxylic acids is 3. The van der Waals surface area contributed by atoms with Gasteiger partial charge in [0.15, 0.2) is 0 Å². The van der Waals surface area contributed by atoms with E-state index >= 15 is 0 Å². The molecule has 1 aromatic heterocycles. The molecule has 3 aliphatic heterocycles. The van der Waals surface area contributed by atoms with Crippen LogP contribution < -0.4 is 5.32 Å². The van der Waals surface area contributed by atoms with Crippen LogP contribution in [0, 0.1) is 0 Å². The van der Waals surface area contributed by atoms with Gasteiger partial charge in [0.2, 0.25) is 11.8 Å². The number of pyridine rings is 1. The van der Waals surface area contributed by atoms with E-state index in [1.807, 2.05) is 48.8 Å². The standard InChI is InChI=1S/C30H30ClN5O3/c31-24-4-2-21(3-5-24)26-16-32-10-9-22(26)18-35-13-11-34(12-14-35)17-20-1-6-25-23(15-20)19-36(30(25)39)27-7-8-28(37)33-29(27)38/h1-6,9-10,15-16,27H,7-8,11-14,17-19H2,(H,33,37,38). The van der Waals surface area contributed by atoms with Gasteiger partial charge in [-0.15, -0.1) is 0 Å². The summed E-state index contributed by atoms with van der Waals surface area (Å²) in [5.74, 6) is -0.781. The Morgan fingerprint density at radius 3 is 2.38 bits per heavy atom. The zero-order valence-electron chi connectivity index (χ0n) is 21.6. The Morgan fingerprint density at radius 2 is 1.64 bits per heavy atom. The van der Waals surface area contributed by atoms with Crippen molar-refractivity contribution in [2.45, 2.75) is 38.5 Å². The fourth-order valence-corrected chi connectivity index (χ4v) is 5.91. The number of nitrogens with one attached hydrogen (secondary N) is 1. The molecule has 3 amide bonds. The summed E-state index contributed by atoms with van der Waals surface area (Å²) in [6, 6.07) is 15.4. The van der Waals surface area contributed by atoms with Gasteiger partial charge in [-0.1, -0.05) is 35.9 Å². The van der Waals surface area contributed by atoms with Crippen molar-refractivity contribution in [3.8, 4) is 11.1 Å². The van der Waals surface area contributed by atoms with Crippen LogP contribution in [0.2, 0.25) is 5.02 Å². The molecule has 0 saturated carbocycles. The van der Waals surface area contributed by atoms with Crippen LogP contribution in [0.1, 0.15) is 39.9 Å². The lowest BCUT2D eigenvalue weighted by Gasteiger charge is -2.35. The molecular weight excluding hydrogens is 514 g/mol. The average Bonchev–Trinajstić information content (AvgIpc) is 3.26. The Bertz CT molecular complexity index is 1420. The Kier molecular flexibility index (Phi) is 7.16. The molecule has 6 rings (SSSR count). The Labute approximate surface area is 232 Å². The van der Waals surface area contributed by atoms with E-state index in [2.05, 4.69) is 32.2 Å². The average molecular weight is 544 g/mol. The number of piperidine rings is 1. The lowest BCUT2D eigenvalue weighted by molar-refractivity contribution is -0.136. The maximum Gasteiger partial charge on any atom is 0.255 e. The minimum Gasteiger partial charge on any atom is -0.322 e. The third-order valence-corrected chi connectivity index (χ3v) is 8.17. The molecule has 39 heavy (non-hydrogen) atoms. The van der Waals surface area contributed by atoms with Gasteiger partial charge >= 0.3 is 0 Å². The number of amides is 3. The minimum atomic E-state index is -0.584. The van der Waals surface area contributed by atoms with Crippen molar-refractivity contribution < 1.29 is 14.4 Å². The maximum atomic E-state index is 13.0. The fraction of sp³-hybridized carbons (Fsp3) is 0.333. The molecule has 2 saturated heterocycles. The molecule has 1 unspecified atom stereocenters. The molecule has 4 heterocycles. The van der Waals surface area contributed by atoms with Gasteiger partial charge in [-0.05, 0) is 52.9 Å². The molecule has 3 aromatic rings. The van der Waals surface area contributed by atoms with Crippen LogP contribution >= 0.6 is 11.6 Å². The Hall–Kier alpha value is -3.59. The van der Waals surface area contributed by atoms with Gasteiger partial charge in [0.25, 0.3) is 5.91 Å². The number of rotatable bonds is 6. The lowest BCUT2D eigenvalue weighted by Crippen LogP contribution is -2.52. The highest BCUT2D eigenvalue weighted by atomic mass is 35.5.